The van der Waals surface area contributed by atoms with Crippen molar-refractivity contribution in [2.45, 2.75) is 4.90 Å². The van der Waals surface area contributed by atoms with Crippen molar-refractivity contribution in [2.24, 2.45) is 0 Å². The molecule has 0 spiro atoms. The van der Waals surface area contributed by atoms with E-state index in [4.69, 9.17) is 11.6 Å². The van der Waals surface area contributed by atoms with E-state index in [0.29, 0.717) is 0 Å². The van der Waals surface area contributed by atoms with Crippen LogP contribution in [0.2, 0.25) is 5.02 Å². The van der Waals surface area contributed by atoms with Gasteiger partial charge in [-0.2, -0.15) is 0 Å². The van der Waals surface area contributed by atoms with Gasteiger partial charge in [0, 0.05) is 4.90 Å². The predicted molar refractivity (Wildman–Crippen MR) is 38.6 cm³/mol. The van der Waals surface area contributed by atoms with Crippen LogP contribution in [-0.4, -0.2) is 8.76 Å². The van der Waals surface area contributed by atoms with Crippen LogP contribution in [0, 0.1) is 5.82 Å². The number of hydrogen-bond acceptors (Lipinski definition) is 2. The molecule has 1 atom stereocenters. The van der Waals surface area contributed by atoms with Gasteiger partial charge in [0.05, 0.1) is 5.02 Å². The van der Waals surface area contributed by atoms with Crippen LogP contribution < -0.4 is 29.6 Å². The normalized spacial score (nSPS) is 11.9. The summed E-state index contributed by atoms with van der Waals surface area (Å²) >= 11 is 2.91. The zero-order chi connectivity index (χ0) is 8.43. The van der Waals surface area contributed by atoms with Gasteiger partial charge in [0.25, 0.3) is 0 Å². The van der Waals surface area contributed by atoms with Crippen molar-refractivity contribution in [2.75, 3.05) is 0 Å². The first-order chi connectivity index (χ1) is 5.11. The molecule has 6 heteroatoms. The third kappa shape index (κ3) is 3.12. The zero-order valence-electron chi connectivity index (χ0n) is 6.21. The number of halogens is 2. The van der Waals surface area contributed by atoms with E-state index in [2.05, 4.69) is 0 Å². The maximum absolute atomic E-state index is 12.5. The van der Waals surface area contributed by atoms with E-state index in [1.54, 1.807) is 0 Å². The van der Waals surface area contributed by atoms with E-state index in [1.165, 1.54) is 12.1 Å². The summed E-state index contributed by atoms with van der Waals surface area (Å²) in [4.78, 5) is -0.105. The van der Waals surface area contributed by atoms with Crippen LogP contribution in [0.1, 0.15) is 0 Å². The third-order valence-corrected chi connectivity index (χ3v) is 2.03. The number of hydrogen-bond donors (Lipinski definition) is 0. The Morgan fingerprint density at radius 3 is 2.50 bits per heavy atom. The molecule has 60 valence electrons. The monoisotopic (exact) mass is 216 g/mol. The summed E-state index contributed by atoms with van der Waals surface area (Å²) in [5.41, 5.74) is 0. The molecule has 0 N–H and O–H groups in total. The Hall–Kier alpha value is 0.550. The average molecular weight is 217 g/mol. The smallest absolute Gasteiger partial charge is 0.768 e. The molecule has 1 aromatic carbocycles. The fourth-order valence-corrected chi connectivity index (χ4v) is 1.08. The summed E-state index contributed by atoms with van der Waals surface area (Å²) in [5, 5.41) is -0.0841. The van der Waals surface area contributed by atoms with Crippen molar-refractivity contribution in [3.63, 3.8) is 0 Å². The van der Waals surface area contributed by atoms with Gasteiger partial charge in [0.15, 0.2) is 0 Å². The molecule has 0 aliphatic rings. The van der Waals surface area contributed by atoms with E-state index >= 15 is 0 Å². The van der Waals surface area contributed by atoms with Crippen molar-refractivity contribution in [3.05, 3.63) is 29.0 Å². The maximum atomic E-state index is 12.5. The third-order valence-electron chi connectivity index (χ3n) is 1.08. The van der Waals surface area contributed by atoms with Gasteiger partial charge < -0.3 is 4.55 Å². The predicted octanol–water partition coefficient (Wildman–Crippen LogP) is -1.28. The van der Waals surface area contributed by atoms with Gasteiger partial charge in [-0.1, -0.05) is 11.6 Å². The minimum Gasteiger partial charge on any atom is -0.768 e. The summed E-state index contributed by atoms with van der Waals surface area (Å²) < 4.78 is 33.0. The first-order valence-corrected chi connectivity index (χ1v) is 4.11. The minimum absolute atomic E-state index is 0. The second-order valence-electron chi connectivity index (χ2n) is 1.81. The molecule has 0 bridgehead atoms. The fraction of sp³-hybridized carbons (Fsp3) is 0. The standard InChI is InChI=1S/C6H4ClFO2S.Na/c7-5-2-1-4(11(9)10)3-6(5)8;/h1-3H,(H,9,10);/q;+1/p-1. The molecule has 1 aromatic rings. The summed E-state index contributed by atoms with van der Waals surface area (Å²) in [6.07, 6.45) is 0. The molecule has 0 aliphatic carbocycles. The molecular formula is C6H3ClFNaO2S. The van der Waals surface area contributed by atoms with E-state index in [0.717, 1.165) is 6.07 Å². The van der Waals surface area contributed by atoms with Crippen LogP contribution in [0.5, 0.6) is 0 Å². The van der Waals surface area contributed by atoms with Crippen molar-refractivity contribution in [3.8, 4) is 0 Å². The molecule has 0 amide bonds. The van der Waals surface area contributed by atoms with Crippen LogP contribution in [0.25, 0.3) is 0 Å². The van der Waals surface area contributed by atoms with Crippen molar-refractivity contribution in [1.29, 1.82) is 0 Å². The van der Waals surface area contributed by atoms with Crippen molar-refractivity contribution < 1.29 is 42.7 Å². The SMILES string of the molecule is O=S([O-])c1ccc(Cl)c(F)c1.[Na+]. The second-order valence-corrected chi connectivity index (χ2v) is 3.16. The van der Waals surface area contributed by atoms with Gasteiger partial charge in [-0.15, -0.1) is 0 Å². The van der Waals surface area contributed by atoms with Crippen LogP contribution >= 0.6 is 11.6 Å². The summed E-state index contributed by atoms with van der Waals surface area (Å²) in [7, 11) is 0. The number of benzene rings is 1. The van der Waals surface area contributed by atoms with Gasteiger partial charge in [-0.05, 0) is 29.3 Å². The molecule has 0 saturated heterocycles. The molecule has 0 saturated carbocycles. The van der Waals surface area contributed by atoms with E-state index < -0.39 is 16.9 Å². The Balaban J connectivity index is 0.00000121. The topological polar surface area (TPSA) is 40.1 Å². The Labute approximate surface area is 98.7 Å². The Morgan fingerprint density at radius 2 is 2.08 bits per heavy atom. The maximum Gasteiger partial charge on any atom is 1.00 e. The molecule has 0 heterocycles. The molecule has 1 rings (SSSR count). The second kappa shape index (κ2) is 5.32. The van der Waals surface area contributed by atoms with Crippen LogP contribution in [0.3, 0.4) is 0 Å². The summed E-state index contributed by atoms with van der Waals surface area (Å²) in [5.74, 6) is -0.728. The zero-order valence-corrected chi connectivity index (χ0v) is 9.79. The Kier molecular flexibility index (Phi) is 5.56. The summed E-state index contributed by atoms with van der Waals surface area (Å²) in [6, 6.07) is 3.29. The molecular weight excluding hydrogens is 214 g/mol. The van der Waals surface area contributed by atoms with Gasteiger partial charge >= 0.3 is 29.6 Å². The average Bonchev–Trinajstić information content (AvgIpc) is 1.94. The van der Waals surface area contributed by atoms with E-state index in [9.17, 15) is 13.2 Å². The first-order valence-electron chi connectivity index (χ1n) is 2.65. The van der Waals surface area contributed by atoms with Gasteiger partial charge in [-0.3, -0.25) is 4.21 Å². The Morgan fingerprint density at radius 1 is 1.50 bits per heavy atom. The van der Waals surface area contributed by atoms with Crippen molar-refractivity contribution >= 4 is 22.7 Å². The van der Waals surface area contributed by atoms with Gasteiger partial charge in [-0.25, -0.2) is 4.39 Å². The van der Waals surface area contributed by atoms with E-state index in [-0.39, 0.29) is 39.5 Å². The molecule has 0 fully saturated rings. The van der Waals surface area contributed by atoms with Crippen LogP contribution in [-0.2, 0) is 11.1 Å². The first kappa shape index (κ1) is 12.6. The Bertz CT molecular complexity index is 308. The largest absolute Gasteiger partial charge is 1.00 e. The molecule has 12 heavy (non-hydrogen) atoms. The van der Waals surface area contributed by atoms with Gasteiger partial charge in [0.1, 0.15) is 5.82 Å². The number of rotatable bonds is 1. The van der Waals surface area contributed by atoms with Crippen molar-refractivity contribution in [1.82, 2.24) is 0 Å². The minimum atomic E-state index is -2.40. The molecule has 0 radical (unpaired) electrons. The fourth-order valence-electron chi connectivity index (χ4n) is 0.581. The molecule has 0 aliphatic heterocycles. The summed E-state index contributed by atoms with van der Waals surface area (Å²) in [6.45, 7) is 0. The molecule has 1 unspecified atom stereocenters. The van der Waals surface area contributed by atoms with Crippen LogP contribution in [0.4, 0.5) is 4.39 Å². The van der Waals surface area contributed by atoms with Gasteiger partial charge in [0.2, 0.25) is 0 Å². The van der Waals surface area contributed by atoms with E-state index in [1.807, 2.05) is 0 Å². The van der Waals surface area contributed by atoms with Crippen LogP contribution in [0.15, 0.2) is 23.1 Å². The molecule has 0 aromatic heterocycles. The molecule has 2 nitrogen and oxygen atoms in total. The quantitative estimate of drug-likeness (QED) is 0.434.